The van der Waals surface area contributed by atoms with Crippen LogP contribution in [0.25, 0.3) is 0 Å². The van der Waals surface area contributed by atoms with Crippen LogP contribution < -0.4 is 14.8 Å². The number of hydrogen-bond donors (Lipinski definition) is 1. The SMILES string of the molecule is COc1cccc(CNc2ccccn2)c1OCc1ccc(C)cc1. The fourth-order valence-electron chi connectivity index (χ4n) is 2.52. The monoisotopic (exact) mass is 334 g/mol. The number of nitrogens with zero attached hydrogens (tertiary/aromatic N) is 1. The maximum absolute atomic E-state index is 6.09. The van der Waals surface area contributed by atoms with Gasteiger partial charge < -0.3 is 14.8 Å². The highest BCUT2D eigenvalue weighted by molar-refractivity contribution is 5.48. The van der Waals surface area contributed by atoms with Crippen molar-refractivity contribution in [2.75, 3.05) is 12.4 Å². The van der Waals surface area contributed by atoms with Crippen LogP contribution in [0.4, 0.5) is 5.82 Å². The Morgan fingerprint density at radius 1 is 0.960 bits per heavy atom. The third kappa shape index (κ3) is 4.51. The topological polar surface area (TPSA) is 43.4 Å². The summed E-state index contributed by atoms with van der Waals surface area (Å²) in [6.07, 6.45) is 1.77. The number of pyridine rings is 1. The van der Waals surface area contributed by atoms with Crippen molar-refractivity contribution in [3.8, 4) is 11.5 Å². The number of aromatic nitrogens is 1. The number of anilines is 1. The largest absolute Gasteiger partial charge is 0.493 e. The maximum Gasteiger partial charge on any atom is 0.166 e. The van der Waals surface area contributed by atoms with Gasteiger partial charge in [0.1, 0.15) is 12.4 Å². The molecule has 0 aliphatic rings. The molecule has 0 radical (unpaired) electrons. The van der Waals surface area contributed by atoms with E-state index in [9.17, 15) is 0 Å². The van der Waals surface area contributed by atoms with Crippen molar-refractivity contribution in [2.24, 2.45) is 0 Å². The zero-order chi connectivity index (χ0) is 17.5. The average Bonchev–Trinajstić information content (AvgIpc) is 2.67. The summed E-state index contributed by atoms with van der Waals surface area (Å²) >= 11 is 0. The summed E-state index contributed by atoms with van der Waals surface area (Å²) in [7, 11) is 1.66. The predicted molar refractivity (Wildman–Crippen MR) is 100 cm³/mol. The average molecular weight is 334 g/mol. The first-order chi connectivity index (χ1) is 12.3. The third-order valence-electron chi connectivity index (χ3n) is 3.91. The highest BCUT2D eigenvalue weighted by atomic mass is 16.5. The van der Waals surface area contributed by atoms with Gasteiger partial charge in [-0.1, -0.05) is 48.0 Å². The highest BCUT2D eigenvalue weighted by Crippen LogP contribution is 2.32. The molecule has 25 heavy (non-hydrogen) atoms. The van der Waals surface area contributed by atoms with Crippen molar-refractivity contribution in [3.63, 3.8) is 0 Å². The molecular formula is C21H22N2O2. The Morgan fingerprint density at radius 2 is 1.80 bits per heavy atom. The van der Waals surface area contributed by atoms with Crippen molar-refractivity contribution < 1.29 is 9.47 Å². The Hall–Kier alpha value is -3.01. The number of methoxy groups -OCH3 is 1. The van der Waals surface area contributed by atoms with Crippen molar-refractivity contribution in [3.05, 3.63) is 83.6 Å². The standard InChI is InChI=1S/C21H22N2O2/c1-16-9-11-17(12-10-16)15-25-21-18(6-5-7-19(21)24-2)14-23-20-8-3-4-13-22-20/h3-13H,14-15H2,1-2H3,(H,22,23). The highest BCUT2D eigenvalue weighted by Gasteiger charge is 2.11. The van der Waals surface area contributed by atoms with E-state index in [1.807, 2.05) is 36.4 Å². The summed E-state index contributed by atoms with van der Waals surface area (Å²) in [5, 5.41) is 3.31. The van der Waals surface area contributed by atoms with Crippen LogP contribution in [0.5, 0.6) is 11.5 Å². The fourth-order valence-corrected chi connectivity index (χ4v) is 2.52. The number of nitrogens with one attached hydrogen (secondary N) is 1. The van der Waals surface area contributed by atoms with Crippen LogP contribution in [-0.4, -0.2) is 12.1 Å². The Kier molecular flexibility index (Phi) is 5.52. The van der Waals surface area contributed by atoms with E-state index in [-0.39, 0.29) is 0 Å². The first kappa shape index (κ1) is 16.8. The minimum atomic E-state index is 0.497. The van der Waals surface area contributed by atoms with Gasteiger partial charge in [0, 0.05) is 18.3 Å². The summed E-state index contributed by atoms with van der Waals surface area (Å²) in [5.41, 5.74) is 3.39. The van der Waals surface area contributed by atoms with Gasteiger partial charge in [0.2, 0.25) is 0 Å². The van der Waals surface area contributed by atoms with Crippen LogP contribution in [0.2, 0.25) is 0 Å². The first-order valence-corrected chi connectivity index (χ1v) is 8.25. The van der Waals surface area contributed by atoms with E-state index in [1.165, 1.54) is 5.56 Å². The van der Waals surface area contributed by atoms with Crippen LogP contribution in [0.1, 0.15) is 16.7 Å². The van der Waals surface area contributed by atoms with Crippen LogP contribution in [-0.2, 0) is 13.2 Å². The zero-order valence-electron chi connectivity index (χ0n) is 14.5. The van der Waals surface area contributed by atoms with Gasteiger partial charge in [-0.05, 0) is 30.7 Å². The Labute approximate surface area is 148 Å². The Bertz CT molecular complexity index is 802. The molecular weight excluding hydrogens is 312 g/mol. The second kappa shape index (κ2) is 8.20. The predicted octanol–water partition coefficient (Wildman–Crippen LogP) is 4.59. The van der Waals surface area contributed by atoms with E-state index >= 15 is 0 Å². The second-order valence-electron chi connectivity index (χ2n) is 5.79. The summed E-state index contributed by atoms with van der Waals surface area (Å²) in [6.45, 7) is 3.18. The molecule has 3 rings (SSSR count). The minimum absolute atomic E-state index is 0.497. The lowest BCUT2D eigenvalue weighted by atomic mass is 10.1. The molecule has 4 nitrogen and oxygen atoms in total. The molecule has 1 aromatic heterocycles. The van der Waals surface area contributed by atoms with E-state index in [0.717, 1.165) is 28.4 Å². The molecule has 0 unspecified atom stereocenters. The zero-order valence-corrected chi connectivity index (χ0v) is 14.5. The molecule has 0 saturated heterocycles. The molecule has 0 spiro atoms. The van der Waals surface area contributed by atoms with E-state index in [2.05, 4.69) is 41.5 Å². The van der Waals surface area contributed by atoms with Gasteiger partial charge in [0.15, 0.2) is 11.5 Å². The lowest BCUT2D eigenvalue weighted by Gasteiger charge is -2.16. The number of ether oxygens (including phenoxy) is 2. The van der Waals surface area contributed by atoms with Gasteiger partial charge in [0.05, 0.1) is 7.11 Å². The second-order valence-corrected chi connectivity index (χ2v) is 5.79. The minimum Gasteiger partial charge on any atom is -0.493 e. The normalized spacial score (nSPS) is 10.3. The van der Waals surface area contributed by atoms with Gasteiger partial charge in [-0.3, -0.25) is 0 Å². The van der Waals surface area contributed by atoms with Gasteiger partial charge >= 0.3 is 0 Å². The van der Waals surface area contributed by atoms with E-state index in [4.69, 9.17) is 9.47 Å². The van der Waals surface area contributed by atoms with Crippen LogP contribution >= 0.6 is 0 Å². The molecule has 3 aromatic rings. The van der Waals surface area contributed by atoms with Crippen LogP contribution in [0, 0.1) is 6.92 Å². The van der Waals surface area contributed by atoms with Gasteiger partial charge in [-0.2, -0.15) is 0 Å². The third-order valence-corrected chi connectivity index (χ3v) is 3.91. The molecule has 2 aromatic carbocycles. The van der Waals surface area contributed by atoms with E-state index in [0.29, 0.717) is 13.2 Å². The molecule has 0 atom stereocenters. The van der Waals surface area contributed by atoms with Crippen molar-refractivity contribution >= 4 is 5.82 Å². The Balaban J connectivity index is 1.75. The summed E-state index contributed by atoms with van der Waals surface area (Å²) in [5.74, 6) is 2.32. The number of hydrogen-bond acceptors (Lipinski definition) is 4. The smallest absolute Gasteiger partial charge is 0.166 e. The molecule has 0 saturated carbocycles. The van der Waals surface area contributed by atoms with E-state index in [1.54, 1.807) is 13.3 Å². The summed E-state index contributed by atoms with van der Waals surface area (Å²) < 4.78 is 11.6. The molecule has 1 N–H and O–H groups in total. The first-order valence-electron chi connectivity index (χ1n) is 8.25. The summed E-state index contributed by atoms with van der Waals surface area (Å²) in [4.78, 5) is 4.28. The lowest BCUT2D eigenvalue weighted by Crippen LogP contribution is -2.06. The molecule has 1 heterocycles. The molecule has 0 aliphatic carbocycles. The van der Waals surface area contributed by atoms with E-state index < -0.39 is 0 Å². The quantitative estimate of drug-likeness (QED) is 0.686. The fraction of sp³-hybridized carbons (Fsp3) is 0.190. The molecule has 0 fully saturated rings. The van der Waals surface area contributed by atoms with Crippen LogP contribution in [0.15, 0.2) is 66.9 Å². The number of aryl methyl sites for hydroxylation is 1. The molecule has 4 heteroatoms. The van der Waals surface area contributed by atoms with Crippen molar-refractivity contribution in [2.45, 2.75) is 20.1 Å². The molecule has 128 valence electrons. The van der Waals surface area contributed by atoms with Gasteiger partial charge in [-0.25, -0.2) is 4.98 Å². The van der Waals surface area contributed by atoms with Crippen molar-refractivity contribution in [1.29, 1.82) is 0 Å². The lowest BCUT2D eigenvalue weighted by molar-refractivity contribution is 0.281. The molecule has 0 bridgehead atoms. The van der Waals surface area contributed by atoms with Crippen molar-refractivity contribution in [1.82, 2.24) is 4.98 Å². The molecule has 0 amide bonds. The molecule has 0 aliphatic heterocycles. The summed E-state index contributed by atoms with van der Waals surface area (Å²) in [6, 6.07) is 20.0. The van der Waals surface area contributed by atoms with Gasteiger partial charge in [0.25, 0.3) is 0 Å². The Morgan fingerprint density at radius 3 is 2.52 bits per heavy atom. The van der Waals surface area contributed by atoms with Crippen LogP contribution in [0.3, 0.4) is 0 Å². The van der Waals surface area contributed by atoms with Gasteiger partial charge in [-0.15, -0.1) is 0 Å². The number of para-hydroxylation sites is 1. The maximum atomic E-state index is 6.09. The number of benzene rings is 2. The number of rotatable bonds is 7.